The molecule has 0 spiro atoms. The van der Waals surface area contributed by atoms with Crippen molar-refractivity contribution >= 4 is 5.69 Å². The van der Waals surface area contributed by atoms with E-state index in [0.717, 1.165) is 6.42 Å². The summed E-state index contributed by atoms with van der Waals surface area (Å²) in [5.74, 6) is -0.957. The maximum atomic E-state index is 14.1. The van der Waals surface area contributed by atoms with E-state index in [9.17, 15) is 8.78 Å². The maximum Gasteiger partial charge on any atom is 0.149 e. The predicted octanol–water partition coefficient (Wildman–Crippen LogP) is 3.09. The van der Waals surface area contributed by atoms with E-state index in [4.69, 9.17) is 5.73 Å². The van der Waals surface area contributed by atoms with Gasteiger partial charge in [-0.3, -0.25) is 0 Å². The highest BCUT2D eigenvalue weighted by Crippen LogP contribution is 2.35. The summed E-state index contributed by atoms with van der Waals surface area (Å²) < 4.78 is 28.3. The Bertz CT molecular complexity index is 446. The average Bonchev–Trinajstić information content (AvgIpc) is 2.56. The van der Waals surface area contributed by atoms with Crippen molar-refractivity contribution in [1.29, 1.82) is 0 Å². The van der Waals surface area contributed by atoms with Gasteiger partial charge >= 0.3 is 0 Å². The molecule has 0 aliphatic carbocycles. The summed E-state index contributed by atoms with van der Waals surface area (Å²) in [5, 5.41) is 0. The number of nitrogens with two attached hydrogens (primary N) is 1. The largest absolute Gasteiger partial charge is 0.366 e. The monoisotopic (exact) mass is 268 g/mol. The molecule has 106 valence electrons. The van der Waals surface area contributed by atoms with Gasteiger partial charge in [0.15, 0.2) is 0 Å². The lowest BCUT2D eigenvalue weighted by atomic mass is 9.93. The van der Waals surface area contributed by atoms with Crippen LogP contribution in [-0.4, -0.2) is 19.1 Å². The molecule has 1 atom stereocenters. The molecule has 0 aromatic heterocycles. The van der Waals surface area contributed by atoms with Gasteiger partial charge in [-0.1, -0.05) is 13.8 Å². The van der Waals surface area contributed by atoms with Gasteiger partial charge in [0.2, 0.25) is 0 Å². The number of anilines is 1. The van der Waals surface area contributed by atoms with Gasteiger partial charge in [-0.05, 0) is 42.9 Å². The van der Waals surface area contributed by atoms with Crippen LogP contribution in [0.5, 0.6) is 0 Å². The molecule has 1 aliphatic rings. The van der Waals surface area contributed by atoms with E-state index in [2.05, 4.69) is 13.8 Å². The highest BCUT2D eigenvalue weighted by atomic mass is 19.1. The normalized spacial score (nSPS) is 19.8. The van der Waals surface area contributed by atoms with E-state index in [-0.39, 0.29) is 17.1 Å². The van der Waals surface area contributed by atoms with Crippen LogP contribution in [0.4, 0.5) is 14.5 Å². The fourth-order valence-corrected chi connectivity index (χ4v) is 2.71. The van der Waals surface area contributed by atoms with Crippen molar-refractivity contribution in [3.63, 3.8) is 0 Å². The lowest BCUT2D eigenvalue weighted by Crippen LogP contribution is -2.25. The number of nitrogens with zero attached hydrogens (tertiary/aromatic N) is 1. The van der Waals surface area contributed by atoms with Crippen molar-refractivity contribution in [2.75, 3.05) is 18.0 Å². The third-order valence-electron chi connectivity index (χ3n) is 3.63. The van der Waals surface area contributed by atoms with Gasteiger partial charge in [0.05, 0.1) is 0 Å². The lowest BCUT2D eigenvalue weighted by Gasteiger charge is -2.23. The molecule has 1 fully saturated rings. The van der Waals surface area contributed by atoms with Crippen LogP contribution in [0.3, 0.4) is 0 Å². The fraction of sp³-hybridized carbons (Fsp3) is 0.600. The number of hydrogen-bond acceptors (Lipinski definition) is 2. The molecule has 2 rings (SSSR count). The van der Waals surface area contributed by atoms with E-state index in [1.807, 2.05) is 6.92 Å². The third-order valence-corrected chi connectivity index (χ3v) is 3.63. The molecule has 1 aromatic carbocycles. The van der Waals surface area contributed by atoms with Gasteiger partial charge in [0, 0.05) is 19.1 Å². The number of rotatable bonds is 3. The molecule has 2 nitrogen and oxygen atoms in total. The molecular formula is C15H22F2N2. The van der Waals surface area contributed by atoms with Crippen molar-refractivity contribution in [3.05, 3.63) is 29.3 Å². The molecule has 4 heteroatoms. The second-order valence-corrected chi connectivity index (χ2v) is 6.43. The molecule has 0 bridgehead atoms. The second-order valence-electron chi connectivity index (χ2n) is 6.43. The Morgan fingerprint density at radius 1 is 1.32 bits per heavy atom. The van der Waals surface area contributed by atoms with Gasteiger partial charge in [0.25, 0.3) is 0 Å². The first-order valence-electron chi connectivity index (χ1n) is 6.77. The van der Waals surface area contributed by atoms with Crippen LogP contribution in [-0.2, 0) is 6.42 Å². The molecule has 0 amide bonds. The topological polar surface area (TPSA) is 29.3 Å². The molecule has 0 radical (unpaired) electrons. The zero-order chi connectivity index (χ0) is 14.2. The summed E-state index contributed by atoms with van der Waals surface area (Å²) in [5.41, 5.74) is 6.51. The third kappa shape index (κ3) is 3.24. The van der Waals surface area contributed by atoms with Gasteiger partial charge in [0.1, 0.15) is 17.3 Å². The maximum absolute atomic E-state index is 14.1. The highest BCUT2D eigenvalue weighted by molar-refractivity contribution is 5.52. The minimum atomic E-state index is -0.478. The summed E-state index contributed by atoms with van der Waals surface area (Å²) in [4.78, 5) is 1.81. The Hall–Kier alpha value is -1.16. The van der Waals surface area contributed by atoms with Gasteiger partial charge in [-0.2, -0.15) is 0 Å². The fourth-order valence-electron chi connectivity index (χ4n) is 2.71. The molecule has 1 unspecified atom stereocenters. The molecule has 2 N–H and O–H groups in total. The van der Waals surface area contributed by atoms with Crippen LogP contribution in [0, 0.1) is 17.0 Å². The van der Waals surface area contributed by atoms with E-state index in [1.165, 1.54) is 12.1 Å². The standard InChI is InChI=1S/C15H22F2N2/c1-10(18)6-11-7-12(16)14(13(17)8-11)19-5-4-15(2,3)9-19/h7-8,10H,4-6,9,18H2,1-3H3. The molecule has 1 heterocycles. The van der Waals surface area contributed by atoms with E-state index >= 15 is 0 Å². The molecular weight excluding hydrogens is 246 g/mol. The van der Waals surface area contributed by atoms with Crippen LogP contribution in [0.15, 0.2) is 12.1 Å². The summed E-state index contributed by atoms with van der Waals surface area (Å²) in [6.07, 6.45) is 1.44. The molecule has 0 saturated carbocycles. The average molecular weight is 268 g/mol. The van der Waals surface area contributed by atoms with E-state index < -0.39 is 11.6 Å². The number of halogens is 2. The van der Waals surface area contributed by atoms with Crippen LogP contribution in [0.25, 0.3) is 0 Å². The van der Waals surface area contributed by atoms with Crippen LogP contribution in [0.2, 0.25) is 0 Å². The van der Waals surface area contributed by atoms with Crippen molar-refractivity contribution in [3.8, 4) is 0 Å². The van der Waals surface area contributed by atoms with Gasteiger partial charge in [-0.25, -0.2) is 8.78 Å². The smallest absolute Gasteiger partial charge is 0.149 e. The predicted molar refractivity (Wildman–Crippen MR) is 74.3 cm³/mol. The number of hydrogen-bond donors (Lipinski definition) is 1. The minimum absolute atomic E-state index is 0.102. The Morgan fingerprint density at radius 3 is 2.32 bits per heavy atom. The first kappa shape index (κ1) is 14.3. The summed E-state index contributed by atoms with van der Waals surface area (Å²) in [7, 11) is 0. The zero-order valence-corrected chi connectivity index (χ0v) is 11.8. The highest BCUT2D eigenvalue weighted by Gasteiger charge is 2.32. The Kier molecular flexibility index (Phi) is 3.81. The molecule has 19 heavy (non-hydrogen) atoms. The molecule has 1 saturated heterocycles. The van der Waals surface area contributed by atoms with Gasteiger partial charge in [-0.15, -0.1) is 0 Å². The second kappa shape index (κ2) is 5.08. The van der Waals surface area contributed by atoms with Crippen molar-refractivity contribution < 1.29 is 8.78 Å². The molecule has 1 aliphatic heterocycles. The van der Waals surface area contributed by atoms with Gasteiger partial charge < -0.3 is 10.6 Å². The SMILES string of the molecule is CC(N)Cc1cc(F)c(N2CCC(C)(C)C2)c(F)c1. The summed E-state index contributed by atoms with van der Waals surface area (Å²) in [6, 6.07) is 2.72. The Morgan fingerprint density at radius 2 is 1.89 bits per heavy atom. The lowest BCUT2D eigenvalue weighted by molar-refractivity contribution is 0.417. The van der Waals surface area contributed by atoms with Crippen molar-refractivity contribution in [2.45, 2.75) is 39.7 Å². The zero-order valence-electron chi connectivity index (χ0n) is 11.8. The summed E-state index contributed by atoms with van der Waals surface area (Å²) in [6.45, 7) is 7.45. The van der Waals surface area contributed by atoms with Crippen LogP contribution >= 0.6 is 0 Å². The first-order chi connectivity index (χ1) is 8.78. The number of benzene rings is 1. The van der Waals surface area contributed by atoms with Crippen molar-refractivity contribution in [1.82, 2.24) is 0 Å². The van der Waals surface area contributed by atoms with E-state index in [1.54, 1.807) is 4.90 Å². The first-order valence-corrected chi connectivity index (χ1v) is 6.77. The van der Waals surface area contributed by atoms with Crippen molar-refractivity contribution in [2.24, 2.45) is 11.1 Å². The minimum Gasteiger partial charge on any atom is -0.366 e. The van der Waals surface area contributed by atoms with E-state index in [0.29, 0.717) is 25.1 Å². The Labute approximate surface area is 113 Å². The van der Waals surface area contributed by atoms with Crippen LogP contribution < -0.4 is 10.6 Å². The quantitative estimate of drug-likeness (QED) is 0.912. The van der Waals surface area contributed by atoms with Crippen LogP contribution in [0.1, 0.15) is 32.8 Å². The molecule has 1 aromatic rings. The Balaban J connectivity index is 2.27. The summed E-state index contributed by atoms with van der Waals surface area (Å²) >= 11 is 0.